The van der Waals surface area contributed by atoms with Gasteiger partial charge in [0.05, 0.1) is 12.6 Å². The lowest BCUT2D eigenvalue weighted by atomic mass is 9.94. The molecule has 0 aromatic carbocycles. The van der Waals surface area contributed by atoms with Crippen molar-refractivity contribution in [2.24, 2.45) is 22.7 Å². The molecule has 4 N–H and O–H groups in total. The highest BCUT2D eigenvalue weighted by Gasteiger charge is 2.31. The van der Waals surface area contributed by atoms with Crippen LogP contribution in [0.4, 0.5) is 0 Å². The molecule has 0 spiro atoms. The molecule has 1 aliphatic carbocycles. The van der Waals surface area contributed by atoms with Crippen LogP contribution >= 0.6 is 0 Å². The van der Waals surface area contributed by atoms with Crippen molar-refractivity contribution >= 4 is 5.96 Å². The first-order valence-electron chi connectivity index (χ1n) is 6.92. The average Bonchev–Trinajstić information content (AvgIpc) is 2.70. The number of aliphatic imine (C=N–C) groups is 1. The van der Waals surface area contributed by atoms with Crippen LogP contribution in [0.1, 0.15) is 40.0 Å². The van der Waals surface area contributed by atoms with Crippen LogP contribution in [0.15, 0.2) is 4.99 Å². The average molecular weight is 256 g/mol. The SMILES string of the molecule is CCC1CCC(N=C(NN)NC(C)COC)C1C. The third-order valence-electron chi connectivity index (χ3n) is 3.94. The minimum Gasteiger partial charge on any atom is -0.383 e. The first-order valence-corrected chi connectivity index (χ1v) is 6.92. The Balaban J connectivity index is 2.56. The van der Waals surface area contributed by atoms with Gasteiger partial charge in [-0.25, -0.2) is 10.8 Å². The Hall–Kier alpha value is -0.810. The van der Waals surface area contributed by atoms with Gasteiger partial charge in [0, 0.05) is 13.2 Å². The minimum atomic E-state index is 0.198. The largest absolute Gasteiger partial charge is 0.383 e. The molecule has 106 valence electrons. The normalized spacial score (nSPS) is 30.3. The number of hydrogen-bond acceptors (Lipinski definition) is 3. The number of nitrogens with one attached hydrogen (secondary N) is 2. The Labute approximate surface area is 111 Å². The summed E-state index contributed by atoms with van der Waals surface area (Å²) in [7, 11) is 1.69. The number of rotatable bonds is 5. The van der Waals surface area contributed by atoms with E-state index in [1.807, 2.05) is 6.92 Å². The summed E-state index contributed by atoms with van der Waals surface area (Å²) in [6.45, 7) is 7.23. The second kappa shape index (κ2) is 7.59. The van der Waals surface area contributed by atoms with Gasteiger partial charge in [-0.2, -0.15) is 0 Å². The highest BCUT2D eigenvalue weighted by atomic mass is 16.5. The van der Waals surface area contributed by atoms with Gasteiger partial charge >= 0.3 is 0 Å². The lowest BCUT2D eigenvalue weighted by Crippen LogP contribution is -2.47. The third kappa shape index (κ3) is 4.14. The quantitative estimate of drug-likeness (QED) is 0.300. The van der Waals surface area contributed by atoms with Crippen molar-refractivity contribution in [2.45, 2.75) is 52.1 Å². The highest BCUT2D eigenvalue weighted by molar-refractivity contribution is 5.79. The first kappa shape index (κ1) is 15.2. The Morgan fingerprint density at radius 1 is 1.50 bits per heavy atom. The van der Waals surface area contributed by atoms with Crippen molar-refractivity contribution in [3.05, 3.63) is 0 Å². The lowest BCUT2D eigenvalue weighted by molar-refractivity contribution is 0.179. The van der Waals surface area contributed by atoms with Gasteiger partial charge in [0.15, 0.2) is 0 Å². The zero-order valence-corrected chi connectivity index (χ0v) is 12.1. The Morgan fingerprint density at radius 3 is 2.72 bits per heavy atom. The predicted molar refractivity (Wildman–Crippen MR) is 75.2 cm³/mol. The van der Waals surface area contributed by atoms with Crippen molar-refractivity contribution in [1.29, 1.82) is 0 Å². The van der Waals surface area contributed by atoms with Crippen LogP contribution in [-0.2, 0) is 4.74 Å². The summed E-state index contributed by atoms with van der Waals surface area (Å²) >= 11 is 0. The standard InChI is InChI=1S/C13H28N4O/c1-5-11-6-7-12(10(11)3)16-13(17-14)15-9(2)8-18-4/h9-12H,5-8,14H2,1-4H3,(H2,15,16,17). The Kier molecular flexibility index (Phi) is 6.43. The molecule has 0 amide bonds. The van der Waals surface area contributed by atoms with Crippen LogP contribution in [0.25, 0.3) is 0 Å². The van der Waals surface area contributed by atoms with E-state index in [2.05, 4.69) is 24.6 Å². The first-order chi connectivity index (χ1) is 8.62. The van der Waals surface area contributed by atoms with Crippen molar-refractivity contribution in [3.63, 3.8) is 0 Å². The van der Waals surface area contributed by atoms with Gasteiger partial charge in [0.25, 0.3) is 0 Å². The molecule has 4 atom stereocenters. The van der Waals surface area contributed by atoms with Crippen LogP contribution in [0, 0.1) is 11.8 Å². The number of hydrogen-bond donors (Lipinski definition) is 3. The topological polar surface area (TPSA) is 71.7 Å². The summed E-state index contributed by atoms with van der Waals surface area (Å²) in [6.07, 6.45) is 3.68. The fourth-order valence-corrected chi connectivity index (χ4v) is 2.79. The summed E-state index contributed by atoms with van der Waals surface area (Å²) in [5, 5.41) is 3.24. The van der Waals surface area contributed by atoms with Crippen LogP contribution < -0.4 is 16.6 Å². The Morgan fingerprint density at radius 2 is 2.22 bits per heavy atom. The predicted octanol–water partition coefficient (Wildman–Crippen LogP) is 1.25. The molecule has 1 rings (SSSR count). The van der Waals surface area contributed by atoms with Gasteiger partial charge in [0.2, 0.25) is 5.96 Å². The summed E-state index contributed by atoms with van der Waals surface area (Å²) in [5.74, 6) is 7.64. The lowest BCUT2D eigenvalue weighted by Gasteiger charge is -2.20. The molecule has 0 heterocycles. The maximum atomic E-state index is 5.52. The van der Waals surface area contributed by atoms with E-state index in [-0.39, 0.29) is 6.04 Å². The minimum absolute atomic E-state index is 0.198. The molecule has 5 heteroatoms. The van der Waals surface area contributed by atoms with Crippen molar-refractivity contribution in [3.8, 4) is 0 Å². The second-order valence-corrected chi connectivity index (χ2v) is 5.29. The molecule has 1 saturated carbocycles. The maximum Gasteiger partial charge on any atom is 0.206 e. The fourth-order valence-electron chi connectivity index (χ4n) is 2.79. The molecule has 0 bridgehead atoms. The highest BCUT2D eigenvalue weighted by Crippen LogP contribution is 2.35. The number of nitrogens with zero attached hydrogens (tertiary/aromatic N) is 1. The van der Waals surface area contributed by atoms with E-state index in [4.69, 9.17) is 15.6 Å². The van der Waals surface area contributed by atoms with Gasteiger partial charge in [-0.1, -0.05) is 20.3 Å². The van der Waals surface area contributed by atoms with E-state index in [0.717, 1.165) is 12.3 Å². The summed E-state index contributed by atoms with van der Waals surface area (Å²) in [4.78, 5) is 4.71. The molecular formula is C13H28N4O. The van der Waals surface area contributed by atoms with Crippen molar-refractivity contribution < 1.29 is 4.74 Å². The molecule has 0 aliphatic heterocycles. The van der Waals surface area contributed by atoms with Gasteiger partial charge in [-0.3, -0.25) is 5.43 Å². The van der Waals surface area contributed by atoms with Crippen LogP contribution in [0.2, 0.25) is 0 Å². The van der Waals surface area contributed by atoms with Gasteiger partial charge < -0.3 is 10.1 Å². The van der Waals surface area contributed by atoms with Crippen molar-refractivity contribution in [2.75, 3.05) is 13.7 Å². The van der Waals surface area contributed by atoms with E-state index < -0.39 is 0 Å². The second-order valence-electron chi connectivity index (χ2n) is 5.29. The van der Waals surface area contributed by atoms with E-state index in [9.17, 15) is 0 Å². The number of methoxy groups -OCH3 is 1. The third-order valence-corrected chi connectivity index (χ3v) is 3.94. The zero-order valence-electron chi connectivity index (χ0n) is 12.1. The number of nitrogens with two attached hydrogens (primary N) is 1. The molecule has 1 fully saturated rings. The molecule has 1 aliphatic rings. The molecular weight excluding hydrogens is 228 g/mol. The monoisotopic (exact) mass is 256 g/mol. The molecule has 0 radical (unpaired) electrons. The smallest absolute Gasteiger partial charge is 0.206 e. The van der Waals surface area contributed by atoms with Gasteiger partial charge in [0.1, 0.15) is 0 Å². The molecule has 4 unspecified atom stereocenters. The Bertz CT molecular complexity index is 270. The fraction of sp³-hybridized carbons (Fsp3) is 0.923. The molecule has 0 saturated heterocycles. The molecule has 0 aromatic rings. The van der Waals surface area contributed by atoms with Crippen LogP contribution in [0.5, 0.6) is 0 Å². The summed E-state index contributed by atoms with van der Waals surface area (Å²) < 4.78 is 5.09. The zero-order chi connectivity index (χ0) is 13.5. The van der Waals surface area contributed by atoms with Crippen molar-refractivity contribution in [1.82, 2.24) is 10.7 Å². The summed E-state index contributed by atoms with van der Waals surface area (Å²) in [5.41, 5.74) is 2.65. The summed E-state index contributed by atoms with van der Waals surface area (Å²) in [6, 6.07) is 0.576. The number of hydrazine groups is 1. The van der Waals surface area contributed by atoms with E-state index >= 15 is 0 Å². The van der Waals surface area contributed by atoms with Crippen LogP contribution in [0.3, 0.4) is 0 Å². The number of ether oxygens (including phenoxy) is 1. The van der Waals surface area contributed by atoms with E-state index in [1.165, 1.54) is 12.8 Å². The number of guanidine groups is 1. The van der Waals surface area contributed by atoms with E-state index in [0.29, 0.717) is 24.5 Å². The van der Waals surface area contributed by atoms with Gasteiger partial charge in [-0.15, -0.1) is 0 Å². The van der Waals surface area contributed by atoms with Crippen LogP contribution in [-0.4, -0.2) is 31.8 Å². The van der Waals surface area contributed by atoms with Gasteiger partial charge in [-0.05, 0) is 31.6 Å². The molecule has 18 heavy (non-hydrogen) atoms. The van der Waals surface area contributed by atoms with E-state index in [1.54, 1.807) is 7.11 Å². The maximum absolute atomic E-state index is 5.52. The molecule has 5 nitrogen and oxygen atoms in total. The molecule has 0 aromatic heterocycles.